The molecule has 1 aromatic heterocycles. The van der Waals surface area contributed by atoms with E-state index in [0.717, 1.165) is 17.2 Å². The zero-order valence-electron chi connectivity index (χ0n) is 24.1. The van der Waals surface area contributed by atoms with Crippen LogP contribution in [0.2, 0.25) is 0 Å². The molecule has 4 heterocycles. The summed E-state index contributed by atoms with van der Waals surface area (Å²) in [6.07, 6.45) is -2.63. The van der Waals surface area contributed by atoms with Crippen molar-refractivity contribution in [2.45, 2.75) is 69.7 Å². The second kappa shape index (κ2) is 10.8. The highest BCUT2D eigenvalue weighted by Gasteiger charge is 2.59. The zero-order chi connectivity index (χ0) is 30.7. The van der Waals surface area contributed by atoms with E-state index in [1.807, 2.05) is 24.8 Å². The summed E-state index contributed by atoms with van der Waals surface area (Å²) in [7, 11) is 0. The SMILES string of the molecule is CC1CN(Cc2ccc(C(=O)NC3C4Oc5ccc(Oc6ccnc7c6CCC(=O)N7)cc5C34)cc2C(F)(F)F)CC(C)O1. The van der Waals surface area contributed by atoms with Crippen molar-refractivity contribution in [3.8, 4) is 17.2 Å². The molecular weight excluding hydrogens is 577 g/mol. The number of fused-ring (bicyclic) bond motifs is 4. The van der Waals surface area contributed by atoms with Gasteiger partial charge in [-0.2, -0.15) is 13.2 Å². The van der Waals surface area contributed by atoms with E-state index in [4.69, 9.17) is 14.2 Å². The minimum atomic E-state index is -4.61. The lowest BCUT2D eigenvalue weighted by molar-refractivity contribution is -0.138. The molecule has 1 saturated heterocycles. The normalized spacial score (nSPS) is 25.7. The maximum atomic E-state index is 14.1. The smallest absolute Gasteiger partial charge is 0.416 e. The number of hydrogen-bond acceptors (Lipinski definition) is 7. The Morgan fingerprint density at radius 3 is 2.68 bits per heavy atom. The Bertz CT molecular complexity index is 1640. The van der Waals surface area contributed by atoms with Gasteiger partial charge in [0.15, 0.2) is 0 Å². The first-order chi connectivity index (χ1) is 21.0. The number of carbonyl (C=O) groups excluding carboxylic acids is 2. The Hall–Kier alpha value is -4.16. The molecule has 44 heavy (non-hydrogen) atoms. The lowest BCUT2D eigenvalue weighted by Gasteiger charge is -2.35. The van der Waals surface area contributed by atoms with E-state index in [1.165, 1.54) is 12.1 Å². The molecule has 7 rings (SSSR count). The average molecular weight is 609 g/mol. The Kier molecular flexibility index (Phi) is 7.00. The Labute approximate surface area is 251 Å². The van der Waals surface area contributed by atoms with Crippen LogP contribution in [0.3, 0.4) is 0 Å². The number of amides is 2. The second-order valence-corrected chi connectivity index (χ2v) is 11.9. The average Bonchev–Trinajstić information content (AvgIpc) is 3.48. The number of carbonyl (C=O) groups is 2. The number of halogens is 3. The number of anilines is 1. The summed E-state index contributed by atoms with van der Waals surface area (Å²) < 4.78 is 60.2. The van der Waals surface area contributed by atoms with Crippen LogP contribution in [0.4, 0.5) is 19.0 Å². The molecule has 2 N–H and O–H groups in total. The lowest BCUT2D eigenvalue weighted by Crippen LogP contribution is -2.45. The summed E-state index contributed by atoms with van der Waals surface area (Å²) >= 11 is 0. The molecule has 1 aliphatic carbocycles. The lowest BCUT2D eigenvalue weighted by atomic mass is 10.0. The maximum absolute atomic E-state index is 14.1. The molecule has 9 nitrogen and oxygen atoms in total. The van der Waals surface area contributed by atoms with Crippen LogP contribution < -0.4 is 20.1 Å². The fourth-order valence-electron chi connectivity index (χ4n) is 6.56. The monoisotopic (exact) mass is 608 g/mol. The molecule has 2 aromatic carbocycles. The summed E-state index contributed by atoms with van der Waals surface area (Å²) in [4.78, 5) is 31.1. The van der Waals surface area contributed by atoms with Crippen molar-refractivity contribution in [1.29, 1.82) is 0 Å². The van der Waals surface area contributed by atoms with Gasteiger partial charge in [-0.3, -0.25) is 14.5 Å². The van der Waals surface area contributed by atoms with E-state index < -0.39 is 17.6 Å². The molecule has 12 heteroatoms. The molecule has 2 amide bonds. The van der Waals surface area contributed by atoms with Crippen molar-refractivity contribution < 1.29 is 37.0 Å². The summed E-state index contributed by atoms with van der Waals surface area (Å²) in [5.74, 6) is 1.50. The highest BCUT2D eigenvalue weighted by molar-refractivity contribution is 5.95. The van der Waals surface area contributed by atoms with Crippen LogP contribution in [-0.2, 0) is 28.7 Å². The Morgan fingerprint density at radius 1 is 1.11 bits per heavy atom. The minimum absolute atomic E-state index is 0.0541. The van der Waals surface area contributed by atoms with Crippen molar-refractivity contribution in [2.24, 2.45) is 0 Å². The fraction of sp³-hybridized carbons (Fsp3) is 0.406. The predicted octanol–water partition coefficient (Wildman–Crippen LogP) is 5.04. The largest absolute Gasteiger partial charge is 0.487 e. The molecular formula is C32H31F3N4O5. The van der Waals surface area contributed by atoms with Gasteiger partial charge in [0.05, 0.1) is 29.7 Å². The summed E-state index contributed by atoms with van der Waals surface area (Å²) in [6, 6.07) is 10.6. The van der Waals surface area contributed by atoms with Crippen LogP contribution in [0.15, 0.2) is 48.7 Å². The second-order valence-electron chi connectivity index (χ2n) is 11.9. The number of morpholine rings is 1. The quantitative estimate of drug-likeness (QED) is 0.404. The minimum Gasteiger partial charge on any atom is -0.487 e. The van der Waals surface area contributed by atoms with Crippen LogP contribution >= 0.6 is 0 Å². The van der Waals surface area contributed by atoms with Gasteiger partial charge in [0.25, 0.3) is 5.91 Å². The zero-order valence-corrected chi connectivity index (χ0v) is 24.1. The van der Waals surface area contributed by atoms with Gasteiger partial charge in [0, 0.05) is 48.9 Å². The van der Waals surface area contributed by atoms with Crippen LogP contribution in [0.5, 0.6) is 17.2 Å². The van der Waals surface area contributed by atoms with Crippen molar-refractivity contribution in [3.05, 3.63) is 76.5 Å². The summed E-state index contributed by atoms with van der Waals surface area (Å²) in [6.45, 7) is 4.99. The third kappa shape index (κ3) is 5.48. The number of benzene rings is 2. The van der Waals surface area contributed by atoms with Crippen molar-refractivity contribution >= 4 is 17.6 Å². The van der Waals surface area contributed by atoms with E-state index in [0.29, 0.717) is 49.0 Å². The van der Waals surface area contributed by atoms with E-state index in [9.17, 15) is 22.8 Å². The first kappa shape index (κ1) is 28.6. The van der Waals surface area contributed by atoms with Gasteiger partial charge in [-0.25, -0.2) is 4.98 Å². The first-order valence-electron chi connectivity index (χ1n) is 14.7. The van der Waals surface area contributed by atoms with Gasteiger partial charge < -0.3 is 24.8 Å². The molecule has 3 aromatic rings. The topological polar surface area (TPSA) is 102 Å². The highest BCUT2D eigenvalue weighted by atomic mass is 19.4. The highest BCUT2D eigenvalue weighted by Crippen LogP contribution is 2.54. The number of pyridine rings is 1. The molecule has 230 valence electrons. The predicted molar refractivity (Wildman–Crippen MR) is 153 cm³/mol. The van der Waals surface area contributed by atoms with Crippen LogP contribution in [0.1, 0.15) is 58.8 Å². The van der Waals surface area contributed by atoms with E-state index in [1.54, 1.807) is 24.4 Å². The van der Waals surface area contributed by atoms with Gasteiger partial charge in [-0.1, -0.05) is 6.07 Å². The third-order valence-corrected chi connectivity index (χ3v) is 8.52. The standard InChI is InChI=1S/C32H31F3N4O5/c1-16-13-39(14-17(2)42-16)15-19-4-3-18(11-23(19)32(33,34)35)31(41)38-28-27-22-12-20(5-7-24(22)44-29(27)28)43-25-9-10-36-30-21(25)6-8-26(40)37-30/h3-5,7,9-12,16-17,27-29H,6,8,13-15H2,1-2H3,(H,38,41)(H,36,37,40). The molecule has 5 unspecified atom stereocenters. The van der Waals surface area contributed by atoms with Crippen molar-refractivity contribution in [1.82, 2.24) is 15.2 Å². The van der Waals surface area contributed by atoms with Crippen molar-refractivity contribution in [3.63, 3.8) is 0 Å². The third-order valence-electron chi connectivity index (χ3n) is 8.52. The van der Waals surface area contributed by atoms with E-state index in [2.05, 4.69) is 15.6 Å². The number of nitrogens with one attached hydrogen (secondary N) is 2. The molecule has 0 spiro atoms. The Balaban J connectivity index is 1.04. The first-order valence-corrected chi connectivity index (χ1v) is 14.7. The van der Waals surface area contributed by atoms with Crippen molar-refractivity contribution in [2.75, 3.05) is 18.4 Å². The fourth-order valence-corrected chi connectivity index (χ4v) is 6.56. The molecule has 2 fully saturated rings. The Morgan fingerprint density at radius 2 is 1.91 bits per heavy atom. The number of aromatic nitrogens is 1. The van der Waals surface area contributed by atoms with Crippen LogP contribution in [0, 0.1) is 0 Å². The van der Waals surface area contributed by atoms with Crippen LogP contribution in [-0.4, -0.2) is 59.1 Å². The number of ether oxygens (including phenoxy) is 3. The van der Waals surface area contributed by atoms with Gasteiger partial charge in [0.1, 0.15) is 29.2 Å². The van der Waals surface area contributed by atoms with Gasteiger partial charge in [-0.05, 0) is 62.2 Å². The molecule has 1 saturated carbocycles. The number of rotatable bonds is 6. The van der Waals surface area contributed by atoms with Gasteiger partial charge >= 0.3 is 6.18 Å². The van der Waals surface area contributed by atoms with E-state index in [-0.39, 0.29) is 53.9 Å². The van der Waals surface area contributed by atoms with E-state index >= 15 is 0 Å². The number of alkyl halides is 3. The van der Waals surface area contributed by atoms with Gasteiger partial charge in [0.2, 0.25) is 5.91 Å². The van der Waals surface area contributed by atoms with Crippen LogP contribution in [0.25, 0.3) is 0 Å². The molecule has 3 aliphatic heterocycles. The number of hydrogen-bond donors (Lipinski definition) is 2. The summed E-state index contributed by atoms with van der Waals surface area (Å²) in [5.41, 5.74) is 0.933. The molecule has 5 atom stereocenters. The number of nitrogens with zero attached hydrogens (tertiary/aromatic N) is 2. The summed E-state index contributed by atoms with van der Waals surface area (Å²) in [5, 5.41) is 5.63. The molecule has 0 radical (unpaired) electrons. The maximum Gasteiger partial charge on any atom is 0.416 e. The molecule has 0 bridgehead atoms. The van der Waals surface area contributed by atoms with Gasteiger partial charge in [-0.15, -0.1) is 0 Å². The molecule has 4 aliphatic rings.